The second-order valence-corrected chi connectivity index (χ2v) is 8.99. The number of carbonyl (C=O) groups is 2. The van der Waals surface area contributed by atoms with E-state index in [9.17, 15) is 9.59 Å². The molecule has 7 heteroatoms. The minimum absolute atomic E-state index is 0.138. The zero-order valence-corrected chi connectivity index (χ0v) is 18.6. The van der Waals surface area contributed by atoms with Gasteiger partial charge in [-0.25, -0.2) is 0 Å². The molecule has 1 aromatic heterocycles. The van der Waals surface area contributed by atoms with E-state index in [0.717, 1.165) is 32.5 Å². The van der Waals surface area contributed by atoms with Crippen molar-refractivity contribution in [2.24, 2.45) is 0 Å². The van der Waals surface area contributed by atoms with Gasteiger partial charge in [-0.3, -0.25) is 14.5 Å². The Balaban J connectivity index is 1.32. The normalized spacial score (nSPS) is 14.9. The predicted octanol–water partition coefficient (Wildman–Crippen LogP) is 5.05. The lowest BCUT2D eigenvalue weighted by Crippen LogP contribution is -2.44. The van der Waals surface area contributed by atoms with Gasteiger partial charge in [0.25, 0.3) is 11.8 Å². The van der Waals surface area contributed by atoms with Crippen LogP contribution in [0.5, 0.6) is 0 Å². The zero-order chi connectivity index (χ0) is 21.6. The topological polar surface area (TPSA) is 61.4 Å². The number of likely N-dealkylation sites (tertiary alicyclic amines) is 1. The number of thiophene rings is 1. The summed E-state index contributed by atoms with van der Waals surface area (Å²) in [5.74, 6) is -0.384. The number of benzene rings is 2. The third-order valence-corrected chi connectivity index (χ3v) is 6.59. The molecule has 1 aliphatic heterocycles. The van der Waals surface area contributed by atoms with E-state index in [1.165, 1.54) is 16.9 Å². The molecule has 0 bridgehead atoms. The summed E-state index contributed by atoms with van der Waals surface area (Å²) >= 11 is 7.58. The molecule has 0 unspecified atom stereocenters. The molecular weight excluding hydrogens is 430 g/mol. The number of hydrogen-bond acceptors (Lipinski definition) is 4. The van der Waals surface area contributed by atoms with Gasteiger partial charge in [0.15, 0.2) is 0 Å². The van der Waals surface area contributed by atoms with Crippen molar-refractivity contribution in [3.05, 3.63) is 87.1 Å². The first kappa shape index (κ1) is 21.6. The molecule has 4 rings (SSSR count). The number of anilines is 1. The van der Waals surface area contributed by atoms with E-state index >= 15 is 0 Å². The van der Waals surface area contributed by atoms with Crippen LogP contribution in [0.3, 0.4) is 0 Å². The summed E-state index contributed by atoms with van der Waals surface area (Å²) in [6, 6.07) is 19.1. The molecule has 1 saturated heterocycles. The molecule has 0 aliphatic carbocycles. The molecule has 31 heavy (non-hydrogen) atoms. The molecule has 0 atom stereocenters. The highest BCUT2D eigenvalue weighted by Gasteiger charge is 2.22. The highest BCUT2D eigenvalue weighted by molar-refractivity contribution is 7.12. The first-order valence-corrected chi connectivity index (χ1v) is 11.6. The summed E-state index contributed by atoms with van der Waals surface area (Å²) in [6.45, 7) is 2.83. The minimum atomic E-state index is -0.236. The molecule has 2 amide bonds. The lowest BCUT2D eigenvalue weighted by atomic mass is 10.0. The summed E-state index contributed by atoms with van der Waals surface area (Å²) in [5.41, 5.74) is 2.23. The SMILES string of the molecule is O=C(NC1CCN(Cc2ccccc2)CC1)c1ccc(Cl)c(NC(=O)c2cccs2)c1. The van der Waals surface area contributed by atoms with Gasteiger partial charge in [-0.2, -0.15) is 0 Å². The Morgan fingerprint density at radius 1 is 1.00 bits per heavy atom. The summed E-state index contributed by atoms with van der Waals surface area (Å²) in [7, 11) is 0. The van der Waals surface area contributed by atoms with Gasteiger partial charge < -0.3 is 10.6 Å². The van der Waals surface area contributed by atoms with Crippen LogP contribution < -0.4 is 10.6 Å². The first-order valence-electron chi connectivity index (χ1n) is 10.3. The molecule has 1 aliphatic rings. The number of carbonyl (C=O) groups excluding carboxylic acids is 2. The third-order valence-electron chi connectivity index (χ3n) is 5.39. The van der Waals surface area contributed by atoms with E-state index in [0.29, 0.717) is 21.2 Å². The van der Waals surface area contributed by atoms with Crippen LogP contribution in [-0.4, -0.2) is 35.8 Å². The monoisotopic (exact) mass is 453 g/mol. The summed E-state index contributed by atoms with van der Waals surface area (Å²) in [6.07, 6.45) is 1.82. The van der Waals surface area contributed by atoms with Crippen LogP contribution in [0.1, 0.15) is 38.4 Å². The van der Waals surface area contributed by atoms with Crippen molar-refractivity contribution < 1.29 is 9.59 Å². The molecule has 0 spiro atoms. The average Bonchev–Trinajstić information content (AvgIpc) is 3.32. The Morgan fingerprint density at radius 3 is 2.48 bits per heavy atom. The maximum Gasteiger partial charge on any atom is 0.265 e. The lowest BCUT2D eigenvalue weighted by Gasteiger charge is -2.32. The molecule has 0 saturated carbocycles. The van der Waals surface area contributed by atoms with Gasteiger partial charge in [0.2, 0.25) is 0 Å². The first-order chi connectivity index (χ1) is 15.1. The highest BCUT2D eigenvalue weighted by atomic mass is 35.5. The van der Waals surface area contributed by atoms with E-state index in [-0.39, 0.29) is 17.9 Å². The summed E-state index contributed by atoms with van der Waals surface area (Å²) < 4.78 is 0. The van der Waals surface area contributed by atoms with E-state index in [1.807, 2.05) is 17.5 Å². The number of piperidine rings is 1. The van der Waals surface area contributed by atoms with E-state index in [2.05, 4.69) is 39.8 Å². The number of nitrogens with one attached hydrogen (secondary N) is 2. The Morgan fingerprint density at radius 2 is 1.77 bits per heavy atom. The van der Waals surface area contributed by atoms with Gasteiger partial charge in [0, 0.05) is 31.2 Å². The third kappa shape index (κ3) is 5.73. The van der Waals surface area contributed by atoms with Gasteiger partial charge >= 0.3 is 0 Å². The van der Waals surface area contributed by atoms with E-state index in [1.54, 1.807) is 24.3 Å². The predicted molar refractivity (Wildman–Crippen MR) is 126 cm³/mol. The zero-order valence-electron chi connectivity index (χ0n) is 17.0. The van der Waals surface area contributed by atoms with Crippen molar-refractivity contribution in [1.82, 2.24) is 10.2 Å². The molecule has 5 nitrogen and oxygen atoms in total. The number of nitrogens with zero attached hydrogens (tertiary/aromatic N) is 1. The fraction of sp³-hybridized carbons (Fsp3) is 0.250. The average molecular weight is 454 g/mol. The molecule has 2 heterocycles. The van der Waals surface area contributed by atoms with Gasteiger partial charge in [-0.1, -0.05) is 48.0 Å². The maximum atomic E-state index is 12.8. The summed E-state index contributed by atoms with van der Waals surface area (Å²) in [5, 5.41) is 8.16. The van der Waals surface area contributed by atoms with Crippen LogP contribution in [0, 0.1) is 0 Å². The van der Waals surface area contributed by atoms with Crippen molar-refractivity contribution in [1.29, 1.82) is 0 Å². The van der Waals surface area contributed by atoms with Crippen LogP contribution in [0.25, 0.3) is 0 Å². The van der Waals surface area contributed by atoms with Crippen LogP contribution >= 0.6 is 22.9 Å². The van der Waals surface area contributed by atoms with Crippen molar-refractivity contribution in [2.45, 2.75) is 25.4 Å². The van der Waals surface area contributed by atoms with Gasteiger partial charge in [-0.05, 0) is 48.1 Å². The largest absolute Gasteiger partial charge is 0.349 e. The molecule has 160 valence electrons. The van der Waals surface area contributed by atoms with E-state index in [4.69, 9.17) is 11.6 Å². The molecule has 2 aromatic carbocycles. The van der Waals surface area contributed by atoms with Gasteiger partial charge in [0.1, 0.15) is 0 Å². The molecular formula is C24H24ClN3O2S. The quantitative estimate of drug-likeness (QED) is 0.549. The lowest BCUT2D eigenvalue weighted by molar-refractivity contribution is 0.0908. The fourth-order valence-corrected chi connectivity index (χ4v) is 4.48. The Labute approximate surface area is 191 Å². The van der Waals surface area contributed by atoms with Gasteiger partial charge in [0.05, 0.1) is 15.6 Å². The van der Waals surface area contributed by atoms with Crippen LogP contribution in [0.2, 0.25) is 5.02 Å². The highest BCUT2D eigenvalue weighted by Crippen LogP contribution is 2.25. The Hall–Kier alpha value is -2.67. The molecule has 3 aromatic rings. The van der Waals surface area contributed by atoms with Crippen molar-refractivity contribution in [3.63, 3.8) is 0 Å². The molecule has 2 N–H and O–H groups in total. The fourth-order valence-electron chi connectivity index (χ4n) is 3.70. The van der Waals surface area contributed by atoms with Crippen molar-refractivity contribution >= 4 is 40.4 Å². The number of rotatable bonds is 6. The standard InChI is InChI=1S/C24H24ClN3O2S/c25-20-9-8-18(15-21(20)27-24(30)22-7-4-14-31-22)23(29)26-19-10-12-28(13-11-19)16-17-5-2-1-3-6-17/h1-9,14-15,19H,10-13,16H2,(H,26,29)(H,27,30). The van der Waals surface area contributed by atoms with Crippen LogP contribution in [-0.2, 0) is 6.54 Å². The smallest absolute Gasteiger partial charge is 0.265 e. The number of hydrogen-bond donors (Lipinski definition) is 2. The maximum absolute atomic E-state index is 12.8. The molecule has 1 fully saturated rings. The number of amides is 2. The second kappa shape index (κ2) is 10.1. The Bertz CT molecular complexity index is 1030. The van der Waals surface area contributed by atoms with Crippen LogP contribution in [0.4, 0.5) is 5.69 Å². The second-order valence-electron chi connectivity index (χ2n) is 7.64. The number of halogens is 1. The Kier molecular flexibility index (Phi) is 7.02. The van der Waals surface area contributed by atoms with E-state index < -0.39 is 0 Å². The minimum Gasteiger partial charge on any atom is -0.349 e. The van der Waals surface area contributed by atoms with Crippen LogP contribution in [0.15, 0.2) is 66.0 Å². The van der Waals surface area contributed by atoms with Gasteiger partial charge in [-0.15, -0.1) is 11.3 Å². The van der Waals surface area contributed by atoms with Crippen molar-refractivity contribution in [2.75, 3.05) is 18.4 Å². The molecule has 0 radical (unpaired) electrons. The summed E-state index contributed by atoms with van der Waals surface area (Å²) in [4.78, 5) is 28.1. The van der Waals surface area contributed by atoms with Crippen molar-refractivity contribution in [3.8, 4) is 0 Å².